The van der Waals surface area contributed by atoms with Gasteiger partial charge in [-0.05, 0) is 49.4 Å². The zero-order chi connectivity index (χ0) is 18.5. The van der Waals surface area contributed by atoms with Gasteiger partial charge in [0, 0.05) is 6.04 Å². The predicted octanol–water partition coefficient (Wildman–Crippen LogP) is 2.99. The molecule has 2 aliphatic rings. The van der Waals surface area contributed by atoms with Crippen molar-refractivity contribution in [3.05, 3.63) is 29.8 Å². The van der Waals surface area contributed by atoms with Crippen LogP contribution in [-0.4, -0.2) is 32.3 Å². The molecule has 1 saturated heterocycles. The first-order valence-corrected chi connectivity index (χ1v) is 11.0. The van der Waals surface area contributed by atoms with Crippen molar-refractivity contribution in [2.75, 3.05) is 5.75 Å². The Morgan fingerprint density at radius 1 is 1.00 bits per heavy atom. The number of hydrogen-bond donors (Lipinski definition) is 0. The molecule has 1 aromatic carbocycles. The Morgan fingerprint density at radius 3 is 2.20 bits per heavy atom. The Kier molecular flexibility index (Phi) is 4.66. The summed E-state index contributed by atoms with van der Waals surface area (Å²) >= 11 is 0. The minimum Gasteiger partial charge on any atom is -0.211 e. The van der Waals surface area contributed by atoms with Gasteiger partial charge in [0.15, 0.2) is 0 Å². The monoisotopic (exact) mass is 397 g/mol. The van der Waals surface area contributed by atoms with E-state index in [2.05, 4.69) is 0 Å². The van der Waals surface area contributed by atoms with E-state index in [0.717, 1.165) is 31.4 Å². The van der Waals surface area contributed by atoms with Gasteiger partial charge in [-0.25, -0.2) is 16.8 Å². The second-order valence-electron chi connectivity index (χ2n) is 6.47. The van der Waals surface area contributed by atoms with Gasteiger partial charge in [-0.3, -0.25) is 0 Å². The Hall–Kier alpha value is -1.13. The van der Waals surface area contributed by atoms with E-state index < -0.39 is 42.7 Å². The SMILES string of the molecule is O=S1(=O)CCC2CCCCC2N1S(=O)(=O)c1ccc(C(F)(F)F)cc1. The lowest BCUT2D eigenvalue weighted by atomic mass is 9.83. The molecule has 10 heteroatoms. The van der Waals surface area contributed by atoms with Crippen molar-refractivity contribution in [1.29, 1.82) is 0 Å². The van der Waals surface area contributed by atoms with Crippen LogP contribution in [0.25, 0.3) is 0 Å². The molecule has 2 fully saturated rings. The second kappa shape index (κ2) is 6.24. The number of rotatable bonds is 2. The van der Waals surface area contributed by atoms with Gasteiger partial charge >= 0.3 is 6.18 Å². The van der Waals surface area contributed by atoms with Gasteiger partial charge in [-0.15, -0.1) is 0 Å². The summed E-state index contributed by atoms with van der Waals surface area (Å²) in [4.78, 5) is -0.435. The third-order valence-corrected chi connectivity index (χ3v) is 9.33. The van der Waals surface area contributed by atoms with Crippen LogP contribution in [0, 0.1) is 5.92 Å². The molecule has 0 amide bonds. The molecule has 0 bridgehead atoms. The maximum Gasteiger partial charge on any atom is 0.416 e. The number of nitrogens with zero attached hydrogens (tertiary/aromatic N) is 1. The number of alkyl halides is 3. The number of benzene rings is 1. The molecule has 2 unspecified atom stereocenters. The average Bonchev–Trinajstić information content (AvgIpc) is 2.53. The summed E-state index contributed by atoms with van der Waals surface area (Å²) in [6.45, 7) is 0. The van der Waals surface area contributed by atoms with Crippen molar-refractivity contribution in [3.8, 4) is 0 Å². The van der Waals surface area contributed by atoms with Crippen molar-refractivity contribution in [2.24, 2.45) is 5.92 Å². The summed E-state index contributed by atoms with van der Waals surface area (Å²) in [6.07, 6.45) is -1.30. The smallest absolute Gasteiger partial charge is 0.211 e. The van der Waals surface area contributed by atoms with Gasteiger partial charge in [0.05, 0.1) is 16.2 Å². The van der Waals surface area contributed by atoms with Gasteiger partial charge in [0.25, 0.3) is 10.0 Å². The number of halogens is 3. The summed E-state index contributed by atoms with van der Waals surface area (Å²) in [5.74, 6) is -0.282. The van der Waals surface area contributed by atoms with Crippen LogP contribution in [0.4, 0.5) is 13.2 Å². The van der Waals surface area contributed by atoms with Gasteiger partial charge in [0.2, 0.25) is 10.0 Å². The van der Waals surface area contributed by atoms with Crippen LogP contribution in [0.1, 0.15) is 37.7 Å². The lowest BCUT2D eigenvalue weighted by Gasteiger charge is -2.42. The van der Waals surface area contributed by atoms with Crippen molar-refractivity contribution < 1.29 is 30.0 Å². The third kappa shape index (κ3) is 3.43. The quantitative estimate of drug-likeness (QED) is 0.769. The van der Waals surface area contributed by atoms with Crippen LogP contribution in [0.3, 0.4) is 0 Å². The first-order chi connectivity index (χ1) is 11.5. The number of fused-ring (bicyclic) bond motifs is 1. The Bertz CT molecular complexity index is 848. The fraction of sp³-hybridized carbons (Fsp3) is 0.600. The lowest BCUT2D eigenvalue weighted by Crippen LogP contribution is -2.53. The topological polar surface area (TPSA) is 71.5 Å². The summed E-state index contributed by atoms with van der Waals surface area (Å²) in [5.41, 5.74) is -0.983. The molecular formula is C15H18F3NO4S2. The van der Waals surface area contributed by atoms with Crippen LogP contribution >= 0.6 is 0 Å². The molecule has 5 nitrogen and oxygen atoms in total. The van der Waals surface area contributed by atoms with Gasteiger partial charge in [-0.2, -0.15) is 13.2 Å². The zero-order valence-electron chi connectivity index (χ0n) is 13.2. The molecular weight excluding hydrogens is 379 g/mol. The van der Waals surface area contributed by atoms with E-state index in [9.17, 15) is 30.0 Å². The highest BCUT2D eigenvalue weighted by molar-refractivity contribution is 8.04. The highest BCUT2D eigenvalue weighted by Crippen LogP contribution is 2.40. The largest absolute Gasteiger partial charge is 0.416 e. The Balaban J connectivity index is 2.02. The van der Waals surface area contributed by atoms with Crippen LogP contribution in [-0.2, 0) is 26.2 Å². The fourth-order valence-electron chi connectivity index (χ4n) is 3.65. The maximum atomic E-state index is 12.9. The standard InChI is InChI=1S/C15H18F3NO4S2/c16-15(17,18)12-5-7-13(8-6-12)25(22,23)19-14-4-2-1-3-11(14)9-10-24(19,20)21/h5-8,11,14H,1-4,9-10H2. The van der Waals surface area contributed by atoms with Crippen LogP contribution in [0.15, 0.2) is 29.2 Å². The van der Waals surface area contributed by atoms with E-state index in [1.54, 1.807) is 0 Å². The van der Waals surface area contributed by atoms with E-state index in [1.165, 1.54) is 0 Å². The fourth-order valence-corrected chi connectivity index (χ4v) is 8.12. The molecule has 140 valence electrons. The molecule has 0 spiro atoms. The molecule has 1 saturated carbocycles. The van der Waals surface area contributed by atoms with E-state index in [1.807, 2.05) is 0 Å². The van der Waals surface area contributed by atoms with E-state index in [-0.39, 0.29) is 11.7 Å². The minimum absolute atomic E-state index is 0.0264. The molecule has 2 atom stereocenters. The van der Waals surface area contributed by atoms with Crippen LogP contribution in [0.2, 0.25) is 0 Å². The first kappa shape index (κ1) is 18.7. The van der Waals surface area contributed by atoms with Crippen molar-refractivity contribution in [3.63, 3.8) is 0 Å². The Labute approximate surface area is 144 Å². The molecule has 1 aliphatic heterocycles. The molecule has 1 aliphatic carbocycles. The van der Waals surface area contributed by atoms with Gasteiger partial charge in [0.1, 0.15) is 0 Å². The first-order valence-electron chi connectivity index (χ1n) is 7.98. The zero-order valence-corrected chi connectivity index (χ0v) is 14.9. The minimum atomic E-state index is -4.59. The van der Waals surface area contributed by atoms with Crippen LogP contribution in [0.5, 0.6) is 0 Å². The molecule has 1 heterocycles. The molecule has 0 radical (unpaired) electrons. The summed E-state index contributed by atoms with van der Waals surface area (Å²) in [5, 5.41) is 0. The average molecular weight is 397 g/mol. The van der Waals surface area contributed by atoms with Gasteiger partial charge in [-0.1, -0.05) is 16.6 Å². The predicted molar refractivity (Wildman–Crippen MR) is 84.6 cm³/mol. The number of hydrogen-bond acceptors (Lipinski definition) is 4. The lowest BCUT2D eigenvalue weighted by molar-refractivity contribution is -0.137. The normalized spacial score (nSPS) is 27.6. The van der Waals surface area contributed by atoms with E-state index in [4.69, 9.17) is 0 Å². The molecule has 1 aromatic rings. The van der Waals surface area contributed by atoms with Crippen molar-refractivity contribution in [2.45, 2.75) is 49.2 Å². The summed E-state index contributed by atoms with van der Waals surface area (Å²) < 4.78 is 89.2. The Morgan fingerprint density at radius 2 is 1.60 bits per heavy atom. The van der Waals surface area contributed by atoms with Crippen molar-refractivity contribution in [1.82, 2.24) is 3.71 Å². The third-order valence-electron chi connectivity index (χ3n) is 4.88. The molecule has 0 N–H and O–H groups in total. The van der Waals surface area contributed by atoms with Crippen LogP contribution < -0.4 is 0 Å². The number of sulfonamides is 2. The maximum absolute atomic E-state index is 12.9. The summed E-state index contributed by atoms with van der Waals surface area (Å²) in [7, 11) is -8.44. The molecule has 0 aromatic heterocycles. The van der Waals surface area contributed by atoms with E-state index >= 15 is 0 Å². The molecule has 25 heavy (non-hydrogen) atoms. The second-order valence-corrected chi connectivity index (χ2v) is 10.5. The summed E-state index contributed by atoms with van der Waals surface area (Å²) in [6, 6.07) is 2.31. The van der Waals surface area contributed by atoms with E-state index in [0.29, 0.717) is 28.7 Å². The highest BCUT2D eigenvalue weighted by Gasteiger charge is 2.48. The van der Waals surface area contributed by atoms with Gasteiger partial charge < -0.3 is 0 Å². The molecule has 3 rings (SSSR count). The highest BCUT2D eigenvalue weighted by atomic mass is 32.3. The van der Waals surface area contributed by atoms with Crippen molar-refractivity contribution >= 4 is 20.0 Å².